The lowest BCUT2D eigenvalue weighted by molar-refractivity contribution is -0.384. The zero-order valence-corrected chi connectivity index (χ0v) is 19.2. The highest BCUT2D eigenvalue weighted by Crippen LogP contribution is 2.26. The number of hydrogen-bond donors (Lipinski definition) is 0. The van der Waals surface area contributed by atoms with Crippen molar-refractivity contribution in [2.45, 2.75) is 6.61 Å². The van der Waals surface area contributed by atoms with E-state index in [0.717, 1.165) is 5.56 Å². The van der Waals surface area contributed by atoms with E-state index in [0.29, 0.717) is 28.6 Å². The summed E-state index contributed by atoms with van der Waals surface area (Å²) in [5.41, 5.74) is 1.54. The molecular formula is C28H17N3O6. The Hall–Kier alpha value is -5.67. The Kier molecular flexibility index (Phi) is 7.38. The standard InChI is InChI=1S/C28H17N3O6/c29-16-21-5-12-27(15-22(21)17-30)37-25-10-3-20(4-11-25)28(32)35-18-19-1-8-24(9-2-19)36-26-13-6-23(7-14-26)31(33)34/h1-15H,18H2. The monoisotopic (exact) mass is 491 g/mol. The highest BCUT2D eigenvalue weighted by molar-refractivity contribution is 5.89. The number of carbonyl (C=O) groups is 1. The van der Waals surface area contributed by atoms with Crippen LogP contribution >= 0.6 is 0 Å². The average Bonchev–Trinajstić information content (AvgIpc) is 2.93. The van der Waals surface area contributed by atoms with Gasteiger partial charge in [-0.1, -0.05) is 12.1 Å². The van der Waals surface area contributed by atoms with Crippen molar-refractivity contribution in [2.75, 3.05) is 0 Å². The van der Waals surface area contributed by atoms with Gasteiger partial charge in [-0.2, -0.15) is 10.5 Å². The molecule has 0 fully saturated rings. The smallest absolute Gasteiger partial charge is 0.338 e. The van der Waals surface area contributed by atoms with Crippen LogP contribution in [0.1, 0.15) is 27.0 Å². The number of benzene rings is 4. The van der Waals surface area contributed by atoms with E-state index in [-0.39, 0.29) is 23.4 Å². The van der Waals surface area contributed by atoms with Crippen molar-refractivity contribution in [1.82, 2.24) is 0 Å². The van der Waals surface area contributed by atoms with Crippen LogP contribution in [0.25, 0.3) is 0 Å². The molecule has 9 heteroatoms. The minimum Gasteiger partial charge on any atom is -0.457 e. The molecule has 0 N–H and O–H groups in total. The van der Waals surface area contributed by atoms with Gasteiger partial charge in [-0.15, -0.1) is 0 Å². The minimum absolute atomic E-state index is 0.0211. The summed E-state index contributed by atoms with van der Waals surface area (Å²) in [5.74, 6) is 1.33. The molecule has 180 valence electrons. The molecule has 0 bridgehead atoms. The van der Waals surface area contributed by atoms with E-state index >= 15 is 0 Å². The van der Waals surface area contributed by atoms with Crippen LogP contribution in [-0.2, 0) is 11.3 Å². The van der Waals surface area contributed by atoms with Crippen molar-refractivity contribution in [3.63, 3.8) is 0 Å². The number of nitro benzene ring substituents is 1. The number of carbonyl (C=O) groups excluding carboxylic acids is 1. The van der Waals surface area contributed by atoms with Crippen molar-refractivity contribution >= 4 is 11.7 Å². The number of nitriles is 2. The van der Waals surface area contributed by atoms with E-state index in [1.807, 2.05) is 12.1 Å². The summed E-state index contributed by atoms with van der Waals surface area (Å²) >= 11 is 0. The van der Waals surface area contributed by atoms with Gasteiger partial charge in [-0.05, 0) is 72.3 Å². The van der Waals surface area contributed by atoms with Gasteiger partial charge in [0.05, 0.1) is 21.6 Å². The Labute approximate surface area is 211 Å². The van der Waals surface area contributed by atoms with Gasteiger partial charge in [-0.25, -0.2) is 4.79 Å². The van der Waals surface area contributed by atoms with Crippen molar-refractivity contribution in [3.8, 4) is 35.1 Å². The molecule has 37 heavy (non-hydrogen) atoms. The molecule has 4 rings (SSSR count). The van der Waals surface area contributed by atoms with Crippen molar-refractivity contribution < 1.29 is 23.9 Å². The van der Waals surface area contributed by atoms with E-state index in [4.69, 9.17) is 24.7 Å². The first kappa shape index (κ1) is 24.5. The second-order valence-corrected chi connectivity index (χ2v) is 7.63. The Morgan fingerprint density at radius 1 is 0.730 bits per heavy atom. The van der Waals surface area contributed by atoms with Crippen LogP contribution in [0, 0.1) is 32.8 Å². The second kappa shape index (κ2) is 11.2. The summed E-state index contributed by atoms with van der Waals surface area (Å²) in [4.78, 5) is 22.7. The lowest BCUT2D eigenvalue weighted by Gasteiger charge is -2.09. The van der Waals surface area contributed by atoms with E-state index in [1.165, 1.54) is 36.4 Å². The van der Waals surface area contributed by atoms with Crippen LogP contribution in [-0.4, -0.2) is 10.9 Å². The summed E-state index contributed by atoms with van der Waals surface area (Å²) < 4.78 is 16.7. The molecule has 0 heterocycles. The molecule has 4 aromatic rings. The molecule has 0 radical (unpaired) electrons. The number of rotatable bonds is 8. The lowest BCUT2D eigenvalue weighted by atomic mass is 10.1. The SMILES string of the molecule is N#Cc1ccc(Oc2ccc(C(=O)OCc3ccc(Oc4ccc([N+](=O)[O-])cc4)cc3)cc2)cc1C#N. The molecule has 4 aromatic carbocycles. The molecule has 0 aromatic heterocycles. The lowest BCUT2D eigenvalue weighted by Crippen LogP contribution is -2.05. The molecule has 0 spiro atoms. The van der Waals surface area contributed by atoms with Crippen molar-refractivity contribution in [1.29, 1.82) is 10.5 Å². The summed E-state index contributed by atoms with van der Waals surface area (Å²) in [6.45, 7) is 0.0527. The van der Waals surface area contributed by atoms with Crippen LogP contribution in [0.2, 0.25) is 0 Å². The van der Waals surface area contributed by atoms with Crippen LogP contribution in [0.4, 0.5) is 5.69 Å². The molecule has 9 nitrogen and oxygen atoms in total. The van der Waals surface area contributed by atoms with Crippen LogP contribution in [0.3, 0.4) is 0 Å². The summed E-state index contributed by atoms with van der Waals surface area (Å²) in [6, 6.07) is 27.5. The maximum Gasteiger partial charge on any atom is 0.338 e. The van der Waals surface area contributed by atoms with E-state index < -0.39 is 10.9 Å². The first-order valence-electron chi connectivity index (χ1n) is 10.9. The van der Waals surface area contributed by atoms with Crippen LogP contribution in [0.15, 0.2) is 91.0 Å². The van der Waals surface area contributed by atoms with Gasteiger partial charge >= 0.3 is 5.97 Å². The van der Waals surface area contributed by atoms with Crippen LogP contribution < -0.4 is 9.47 Å². The Bertz CT molecular complexity index is 1520. The Morgan fingerprint density at radius 2 is 1.24 bits per heavy atom. The molecular weight excluding hydrogens is 474 g/mol. The third-order valence-electron chi connectivity index (χ3n) is 5.13. The third kappa shape index (κ3) is 6.27. The van der Waals surface area contributed by atoms with E-state index in [2.05, 4.69) is 0 Å². The molecule has 0 amide bonds. The van der Waals surface area contributed by atoms with Crippen LogP contribution in [0.5, 0.6) is 23.0 Å². The third-order valence-corrected chi connectivity index (χ3v) is 5.13. The zero-order chi connectivity index (χ0) is 26.2. The van der Waals surface area contributed by atoms with Gasteiger partial charge in [0, 0.05) is 12.1 Å². The number of nitro groups is 1. The van der Waals surface area contributed by atoms with Gasteiger partial charge in [-0.3, -0.25) is 10.1 Å². The van der Waals surface area contributed by atoms with Gasteiger partial charge in [0.25, 0.3) is 5.69 Å². The average molecular weight is 491 g/mol. The summed E-state index contributed by atoms with van der Waals surface area (Å²) in [6.07, 6.45) is 0. The Balaban J connectivity index is 1.30. The maximum absolute atomic E-state index is 12.4. The van der Waals surface area contributed by atoms with Crippen molar-refractivity contribution in [3.05, 3.63) is 123 Å². The number of non-ortho nitro benzene ring substituents is 1. The maximum atomic E-state index is 12.4. The molecule has 0 unspecified atom stereocenters. The topological polar surface area (TPSA) is 135 Å². The summed E-state index contributed by atoms with van der Waals surface area (Å²) in [5, 5.41) is 28.9. The number of nitrogens with zero attached hydrogens (tertiary/aromatic N) is 3. The van der Waals surface area contributed by atoms with Gasteiger partial charge in [0.1, 0.15) is 41.7 Å². The molecule has 0 aliphatic rings. The second-order valence-electron chi connectivity index (χ2n) is 7.63. The van der Waals surface area contributed by atoms with Crippen molar-refractivity contribution in [2.24, 2.45) is 0 Å². The largest absolute Gasteiger partial charge is 0.457 e. The molecule has 0 saturated carbocycles. The Morgan fingerprint density at radius 3 is 1.81 bits per heavy atom. The minimum atomic E-state index is -0.511. The fourth-order valence-corrected chi connectivity index (χ4v) is 3.23. The van der Waals surface area contributed by atoms with Gasteiger partial charge < -0.3 is 14.2 Å². The fourth-order valence-electron chi connectivity index (χ4n) is 3.23. The highest BCUT2D eigenvalue weighted by atomic mass is 16.6. The number of esters is 1. The molecule has 0 aliphatic heterocycles. The first-order valence-corrected chi connectivity index (χ1v) is 10.9. The molecule has 0 aliphatic carbocycles. The predicted molar refractivity (Wildman–Crippen MR) is 131 cm³/mol. The van der Waals surface area contributed by atoms with E-state index in [1.54, 1.807) is 54.6 Å². The van der Waals surface area contributed by atoms with Gasteiger partial charge in [0.2, 0.25) is 0 Å². The van der Waals surface area contributed by atoms with E-state index in [9.17, 15) is 14.9 Å². The predicted octanol–water partition coefficient (Wildman–Crippen LogP) is 6.28. The zero-order valence-electron chi connectivity index (χ0n) is 19.2. The van der Waals surface area contributed by atoms with Gasteiger partial charge in [0.15, 0.2) is 0 Å². The molecule has 0 saturated heterocycles. The highest BCUT2D eigenvalue weighted by Gasteiger charge is 2.10. The fraction of sp³-hybridized carbons (Fsp3) is 0.0357. The first-order chi connectivity index (χ1) is 17.9. The number of hydrogen-bond acceptors (Lipinski definition) is 8. The normalized spacial score (nSPS) is 10.0. The summed E-state index contributed by atoms with van der Waals surface area (Å²) in [7, 11) is 0. The number of ether oxygens (including phenoxy) is 3. The quantitative estimate of drug-likeness (QED) is 0.160. The molecule has 0 atom stereocenters.